The van der Waals surface area contributed by atoms with Crippen LogP contribution in [0, 0.1) is 10.1 Å². The molecule has 1 heterocycles. The van der Waals surface area contributed by atoms with Crippen molar-refractivity contribution in [1.29, 1.82) is 0 Å². The standard InChI is InChI=1S/C19H14N2O4/c1-13(22)25-19-11-7-14(12-18(19)21(23)24)6-9-16-10-8-15-4-2-3-5-17(15)20-16/h2-12H,1H3. The van der Waals surface area contributed by atoms with E-state index in [0.29, 0.717) is 5.56 Å². The Balaban J connectivity index is 1.90. The average molecular weight is 334 g/mol. The maximum absolute atomic E-state index is 11.2. The van der Waals surface area contributed by atoms with E-state index in [2.05, 4.69) is 4.98 Å². The quantitative estimate of drug-likeness (QED) is 0.308. The second-order valence-electron chi connectivity index (χ2n) is 5.34. The van der Waals surface area contributed by atoms with Crippen molar-refractivity contribution in [2.24, 2.45) is 0 Å². The summed E-state index contributed by atoms with van der Waals surface area (Å²) in [5.41, 5.74) is 1.97. The average Bonchev–Trinajstić information content (AvgIpc) is 2.60. The van der Waals surface area contributed by atoms with Gasteiger partial charge in [-0.1, -0.05) is 36.4 Å². The zero-order valence-corrected chi connectivity index (χ0v) is 13.4. The number of hydrogen-bond acceptors (Lipinski definition) is 5. The lowest BCUT2D eigenvalue weighted by molar-refractivity contribution is -0.385. The number of carbonyl (C=O) groups is 1. The Bertz CT molecular complexity index is 996. The molecule has 0 bridgehead atoms. The van der Waals surface area contributed by atoms with Crippen LogP contribution in [-0.4, -0.2) is 15.9 Å². The Morgan fingerprint density at radius 2 is 1.92 bits per heavy atom. The van der Waals surface area contributed by atoms with Crippen LogP contribution in [-0.2, 0) is 4.79 Å². The number of rotatable bonds is 4. The lowest BCUT2D eigenvalue weighted by Crippen LogP contribution is -2.04. The minimum absolute atomic E-state index is 0.0709. The van der Waals surface area contributed by atoms with E-state index in [-0.39, 0.29) is 11.4 Å². The number of fused-ring (bicyclic) bond motifs is 1. The van der Waals surface area contributed by atoms with Gasteiger partial charge in [0, 0.05) is 18.4 Å². The molecular formula is C19H14N2O4. The molecule has 0 spiro atoms. The van der Waals surface area contributed by atoms with Crippen molar-refractivity contribution in [2.75, 3.05) is 0 Å². The van der Waals surface area contributed by atoms with Gasteiger partial charge in [0.2, 0.25) is 5.75 Å². The van der Waals surface area contributed by atoms with Crippen molar-refractivity contribution in [2.45, 2.75) is 6.92 Å². The molecule has 124 valence electrons. The highest BCUT2D eigenvalue weighted by Gasteiger charge is 2.16. The van der Waals surface area contributed by atoms with Crippen LogP contribution in [0.4, 0.5) is 5.69 Å². The molecule has 25 heavy (non-hydrogen) atoms. The number of para-hydroxylation sites is 1. The fourth-order valence-electron chi connectivity index (χ4n) is 2.38. The van der Waals surface area contributed by atoms with Crippen LogP contribution in [0.1, 0.15) is 18.2 Å². The second-order valence-corrected chi connectivity index (χ2v) is 5.34. The third kappa shape index (κ3) is 3.87. The van der Waals surface area contributed by atoms with Gasteiger partial charge in [-0.25, -0.2) is 4.98 Å². The molecule has 1 aromatic heterocycles. The summed E-state index contributed by atoms with van der Waals surface area (Å²) < 4.78 is 4.86. The first-order chi connectivity index (χ1) is 12.0. The molecule has 0 atom stereocenters. The molecule has 0 amide bonds. The number of aromatic nitrogens is 1. The molecule has 0 aliphatic carbocycles. The van der Waals surface area contributed by atoms with Crippen LogP contribution >= 0.6 is 0 Å². The molecule has 0 aliphatic heterocycles. The van der Waals surface area contributed by atoms with E-state index in [4.69, 9.17) is 4.74 Å². The van der Waals surface area contributed by atoms with Crippen molar-refractivity contribution in [1.82, 2.24) is 4.98 Å². The molecule has 0 radical (unpaired) electrons. The Labute approximate surface area is 143 Å². The third-order valence-corrected chi connectivity index (χ3v) is 3.50. The highest BCUT2D eigenvalue weighted by Crippen LogP contribution is 2.29. The lowest BCUT2D eigenvalue weighted by Gasteiger charge is -2.03. The summed E-state index contributed by atoms with van der Waals surface area (Å²) in [6.07, 6.45) is 3.50. The molecule has 2 aromatic carbocycles. The number of nitrogens with zero attached hydrogens (tertiary/aromatic N) is 2. The Hall–Kier alpha value is -3.54. The minimum atomic E-state index is -0.605. The normalized spacial score (nSPS) is 10.9. The largest absolute Gasteiger partial charge is 0.419 e. The van der Waals surface area contributed by atoms with Gasteiger partial charge in [-0.05, 0) is 29.8 Å². The van der Waals surface area contributed by atoms with Crippen LogP contribution in [0.2, 0.25) is 0 Å². The van der Waals surface area contributed by atoms with E-state index in [0.717, 1.165) is 16.6 Å². The van der Waals surface area contributed by atoms with Crippen LogP contribution in [0.5, 0.6) is 5.75 Å². The van der Waals surface area contributed by atoms with Crippen LogP contribution < -0.4 is 4.74 Å². The monoisotopic (exact) mass is 334 g/mol. The van der Waals surface area contributed by atoms with E-state index in [9.17, 15) is 14.9 Å². The molecule has 0 saturated heterocycles. The lowest BCUT2D eigenvalue weighted by atomic mass is 10.1. The zero-order chi connectivity index (χ0) is 17.8. The van der Waals surface area contributed by atoms with Crippen molar-refractivity contribution < 1.29 is 14.5 Å². The smallest absolute Gasteiger partial charge is 0.312 e. The summed E-state index contributed by atoms with van der Waals surface area (Å²) >= 11 is 0. The van der Waals surface area contributed by atoms with Crippen molar-refractivity contribution in [3.63, 3.8) is 0 Å². The van der Waals surface area contributed by atoms with Gasteiger partial charge in [-0.3, -0.25) is 14.9 Å². The summed E-state index contributed by atoms with van der Waals surface area (Å²) in [7, 11) is 0. The summed E-state index contributed by atoms with van der Waals surface area (Å²) in [4.78, 5) is 26.1. The number of esters is 1. The summed E-state index contributed by atoms with van der Waals surface area (Å²) in [5, 5.41) is 12.2. The van der Waals surface area contributed by atoms with E-state index in [1.54, 1.807) is 18.2 Å². The van der Waals surface area contributed by atoms with Gasteiger partial charge in [-0.2, -0.15) is 0 Å². The van der Waals surface area contributed by atoms with Gasteiger partial charge >= 0.3 is 11.7 Å². The molecule has 6 heteroatoms. The second kappa shape index (κ2) is 6.92. The number of hydrogen-bond donors (Lipinski definition) is 0. The molecule has 0 unspecified atom stereocenters. The number of nitro benzene ring substituents is 1. The number of pyridine rings is 1. The Morgan fingerprint density at radius 3 is 2.68 bits per heavy atom. The summed E-state index contributed by atoms with van der Waals surface area (Å²) in [6.45, 7) is 1.20. The number of ether oxygens (including phenoxy) is 1. The number of carbonyl (C=O) groups excluding carboxylic acids is 1. The molecule has 0 aliphatic rings. The minimum Gasteiger partial charge on any atom is -0.419 e. The Kier molecular flexibility index (Phi) is 4.52. The first-order valence-electron chi connectivity index (χ1n) is 7.54. The van der Waals surface area contributed by atoms with Gasteiger partial charge in [-0.15, -0.1) is 0 Å². The molecule has 3 aromatic rings. The predicted molar refractivity (Wildman–Crippen MR) is 95.1 cm³/mol. The third-order valence-electron chi connectivity index (χ3n) is 3.50. The molecule has 0 N–H and O–H groups in total. The van der Waals surface area contributed by atoms with Gasteiger partial charge in [0.05, 0.1) is 16.1 Å². The van der Waals surface area contributed by atoms with Crippen LogP contribution in [0.15, 0.2) is 54.6 Å². The van der Waals surface area contributed by atoms with Crippen molar-refractivity contribution in [3.8, 4) is 5.75 Å². The number of benzene rings is 2. The van der Waals surface area contributed by atoms with E-state index in [1.165, 1.54) is 19.1 Å². The van der Waals surface area contributed by atoms with Crippen molar-refractivity contribution in [3.05, 3.63) is 76.0 Å². The van der Waals surface area contributed by atoms with Gasteiger partial charge in [0.15, 0.2) is 0 Å². The highest BCUT2D eigenvalue weighted by molar-refractivity contribution is 5.81. The van der Waals surface area contributed by atoms with Crippen LogP contribution in [0.25, 0.3) is 23.1 Å². The first kappa shape index (κ1) is 16.3. The van der Waals surface area contributed by atoms with Crippen molar-refractivity contribution >= 4 is 34.7 Å². The molecule has 3 rings (SSSR count). The molecule has 0 saturated carbocycles. The van der Waals surface area contributed by atoms with E-state index in [1.807, 2.05) is 36.4 Å². The van der Waals surface area contributed by atoms with Crippen LogP contribution in [0.3, 0.4) is 0 Å². The maximum atomic E-state index is 11.2. The van der Waals surface area contributed by atoms with E-state index < -0.39 is 10.9 Å². The molecule has 6 nitrogen and oxygen atoms in total. The first-order valence-corrected chi connectivity index (χ1v) is 7.54. The summed E-state index contributed by atoms with van der Waals surface area (Å²) in [5.74, 6) is -0.676. The fourth-order valence-corrected chi connectivity index (χ4v) is 2.38. The summed E-state index contributed by atoms with van der Waals surface area (Å²) in [6, 6.07) is 16.0. The molecule has 0 fully saturated rings. The SMILES string of the molecule is CC(=O)Oc1ccc(C=Cc2ccc3ccccc3n2)cc1[N+](=O)[O-]. The Morgan fingerprint density at radius 1 is 1.12 bits per heavy atom. The van der Waals surface area contributed by atoms with Gasteiger partial charge < -0.3 is 4.74 Å². The topological polar surface area (TPSA) is 82.3 Å². The van der Waals surface area contributed by atoms with E-state index >= 15 is 0 Å². The highest BCUT2D eigenvalue weighted by atomic mass is 16.6. The van der Waals surface area contributed by atoms with Gasteiger partial charge in [0.25, 0.3) is 0 Å². The maximum Gasteiger partial charge on any atom is 0.312 e. The van der Waals surface area contributed by atoms with Gasteiger partial charge in [0.1, 0.15) is 0 Å². The molecular weight excluding hydrogens is 320 g/mol. The number of nitro groups is 1. The fraction of sp³-hybridized carbons (Fsp3) is 0.0526. The zero-order valence-electron chi connectivity index (χ0n) is 13.4. The predicted octanol–water partition coefficient (Wildman–Crippen LogP) is 4.24.